The summed E-state index contributed by atoms with van der Waals surface area (Å²) in [6, 6.07) is 0.656. The molecule has 20 heavy (non-hydrogen) atoms. The Labute approximate surface area is 124 Å². The van der Waals surface area contributed by atoms with Gasteiger partial charge in [-0.1, -0.05) is 32.1 Å². The molecule has 5 heteroatoms. The van der Waals surface area contributed by atoms with E-state index in [1.807, 2.05) is 0 Å². The van der Waals surface area contributed by atoms with E-state index in [2.05, 4.69) is 5.32 Å². The predicted octanol–water partition coefficient (Wildman–Crippen LogP) is 2.36. The molecular weight excluding hydrogens is 272 g/mol. The molecule has 0 aromatic heterocycles. The standard InChI is InChI=1S/C15H30N2O2S/c1-20(18,19)17-11-7-8-14(13-17)12-16-15-9-5-3-2-4-6-10-15/h14-16H,2-13H2,1H3. The van der Waals surface area contributed by atoms with E-state index in [0.717, 1.165) is 19.4 Å². The van der Waals surface area contributed by atoms with Gasteiger partial charge < -0.3 is 5.32 Å². The Morgan fingerprint density at radius 3 is 2.30 bits per heavy atom. The molecule has 1 atom stereocenters. The van der Waals surface area contributed by atoms with E-state index >= 15 is 0 Å². The lowest BCUT2D eigenvalue weighted by atomic mass is 9.95. The highest BCUT2D eigenvalue weighted by atomic mass is 32.2. The third-order valence-electron chi connectivity index (χ3n) is 4.75. The summed E-state index contributed by atoms with van der Waals surface area (Å²) in [5.41, 5.74) is 0. The van der Waals surface area contributed by atoms with Crippen molar-refractivity contribution in [2.45, 2.75) is 63.8 Å². The number of sulfonamides is 1. The van der Waals surface area contributed by atoms with E-state index in [1.54, 1.807) is 4.31 Å². The van der Waals surface area contributed by atoms with Crippen LogP contribution in [0.3, 0.4) is 0 Å². The van der Waals surface area contributed by atoms with E-state index in [1.165, 1.54) is 51.2 Å². The molecule has 1 unspecified atom stereocenters. The van der Waals surface area contributed by atoms with Crippen LogP contribution in [-0.4, -0.2) is 44.7 Å². The molecule has 1 aliphatic heterocycles. The maximum atomic E-state index is 11.6. The number of nitrogens with zero attached hydrogens (tertiary/aromatic N) is 1. The van der Waals surface area contributed by atoms with Crippen LogP contribution in [0.1, 0.15) is 57.8 Å². The number of hydrogen-bond donors (Lipinski definition) is 1. The van der Waals surface area contributed by atoms with Gasteiger partial charge in [-0.25, -0.2) is 12.7 Å². The van der Waals surface area contributed by atoms with Crippen LogP contribution in [0.2, 0.25) is 0 Å². The van der Waals surface area contributed by atoms with Crippen molar-refractivity contribution in [1.82, 2.24) is 9.62 Å². The minimum atomic E-state index is -3.01. The van der Waals surface area contributed by atoms with Gasteiger partial charge in [0.1, 0.15) is 0 Å². The maximum absolute atomic E-state index is 11.6. The highest BCUT2D eigenvalue weighted by Gasteiger charge is 2.26. The zero-order chi connectivity index (χ0) is 14.4. The molecule has 0 amide bonds. The van der Waals surface area contributed by atoms with Gasteiger partial charge in [-0.15, -0.1) is 0 Å². The van der Waals surface area contributed by atoms with E-state index in [4.69, 9.17) is 0 Å². The average molecular weight is 302 g/mol. The van der Waals surface area contributed by atoms with Gasteiger partial charge in [-0.05, 0) is 38.1 Å². The van der Waals surface area contributed by atoms with Crippen molar-refractivity contribution in [3.63, 3.8) is 0 Å². The van der Waals surface area contributed by atoms with E-state index < -0.39 is 10.0 Å². The molecule has 1 saturated heterocycles. The summed E-state index contributed by atoms with van der Waals surface area (Å²) >= 11 is 0. The molecule has 4 nitrogen and oxygen atoms in total. The Balaban J connectivity index is 1.75. The third kappa shape index (κ3) is 5.34. The second kappa shape index (κ2) is 7.76. The van der Waals surface area contributed by atoms with Crippen molar-refractivity contribution in [3.8, 4) is 0 Å². The van der Waals surface area contributed by atoms with Crippen molar-refractivity contribution >= 4 is 10.0 Å². The highest BCUT2D eigenvalue weighted by molar-refractivity contribution is 7.88. The lowest BCUT2D eigenvalue weighted by Gasteiger charge is -2.32. The van der Waals surface area contributed by atoms with Crippen LogP contribution in [0.4, 0.5) is 0 Å². The quantitative estimate of drug-likeness (QED) is 0.867. The Hall–Kier alpha value is -0.130. The van der Waals surface area contributed by atoms with E-state index in [9.17, 15) is 8.42 Å². The first-order chi connectivity index (χ1) is 9.55. The van der Waals surface area contributed by atoms with Gasteiger partial charge >= 0.3 is 0 Å². The maximum Gasteiger partial charge on any atom is 0.211 e. The van der Waals surface area contributed by atoms with Crippen molar-refractivity contribution in [1.29, 1.82) is 0 Å². The van der Waals surface area contributed by atoms with Gasteiger partial charge in [0, 0.05) is 19.1 Å². The molecule has 0 spiro atoms. The normalized spacial score (nSPS) is 27.9. The van der Waals surface area contributed by atoms with Crippen molar-refractivity contribution in [2.24, 2.45) is 5.92 Å². The van der Waals surface area contributed by atoms with Crippen LogP contribution in [0.5, 0.6) is 0 Å². The first-order valence-corrected chi connectivity index (χ1v) is 10.1. The summed E-state index contributed by atoms with van der Waals surface area (Å²) in [4.78, 5) is 0. The Kier molecular flexibility index (Phi) is 6.30. The number of rotatable bonds is 4. The van der Waals surface area contributed by atoms with Gasteiger partial charge in [0.15, 0.2) is 0 Å². The summed E-state index contributed by atoms with van der Waals surface area (Å²) in [6.07, 6.45) is 12.9. The highest BCUT2D eigenvalue weighted by Crippen LogP contribution is 2.20. The summed E-state index contributed by atoms with van der Waals surface area (Å²) in [5.74, 6) is 0.490. The van der Waals surface area contributed by atoms with E-state index in [-0.39, 0.29) is 0 Å². The predicted molar refractivity (Wildman–Crippen MR) is 83.3 cm³/mol. The summed E-state index contributed by atoms with van der Waals surface area (Å²) in [5, 5.41) is 3.71. The molecule has 118 valence electrons. The molecule has 2 aliphatic rings. The second-order valence-electron chi connectivity index (χ2n) is 6.58. The Morgan fingerprint density at radius 2 is 1.65 bits per heavy atom. The molecule has 0 bridgehead atoms. The van der Waals surface area contributed by atoms with Crippen LogP contribution >= 0.6 is 0 Å². The molecule has 1 saturated carbocycles. The molecule has 2 fully saturated rings. The van der Waals surface area contributed by atoms with Crippen LogP contribution in [0.25, 0.3) is 0 Å². The molecule has 1 N–H and O–H groups in total. The van der Waals surface area contributed by atoms with Gasteiger partial charge in [-0.2, -0.15) is 0 Å². The molecule has 0 aromatic rings. The fraction of sp³-hybridized carbons (Fsp3) is 1.00. The molecule has 0 aromatic carbocycles. The monoisotopic (exact) mass is 302 g/mol. The molecule has 1 aliphatic carbocycles. The summed E-state index contributed by atoms with van der Waals surface area (Å²) < 4.78 is 24.9. The minimum absolute atomic E-state index is 0.490. The van der Waals surface area contributed by atoms with Crippen molar-refractivity contribution < 1.29 is 8.42 Å². The van der Waals surface area contributed by atoms with Crippen LogP contribution in [-0.2, 0) is 10.0 Å². The lowest BCUT2D eigenvalue weighted by Crippen LogP contribution is -2.44. The van der Waals surface area contributed by atoms with Crippen LogP contribution < -0.4 is 5.32 Å². The Morgan fingerprint density at radius 1 is 1.00 bits per heavy atom. The molecule has 2 rings (SSSR count). The van der Waals surface area contributed by atoms with E-state index in [0.29, 0.717) is 25.0 Å². The molecule has 1 heterocycles. The number of hydrogen-bond acceptors (Lipinski definition) is 3. The van der Waals surface area contributed by atoms with Gasteiger partial charge in [0.2, 0.25) is 10.0 Å². The zero-order valence-electron chi connectivity index (χ0n) is 12.8. The average Bonchev–Trinajstić information content (AvgIpc) is 2.37. The third-order valence-corrected chi connectivity index (χ3v) is 6.02. The topological polar surface area (TPSA) is 49.4 Å². The first kappa shape index (κ1) is 16.2. The summed E-state index contributed by atoms with van der Waals surface area (Å²) in [6.45, 7) is 2.40. The largest absolute Gasteiger partial charge is 0.314 e. The second-order valence-corrected chi connectivity index (χ2v) is 8.56. The van der Waals surface area contributed by atoms with Crippen molar-refractivity contribution in [2.75, 3.05) is 25.9 Å². The number of nitrogens with one attached hydrogen (secondary N) is 1. The van der Waals surface area contributed by atoms with Crippen LogP contribution in [0, 0.1) is 5.92 Å². The smallest absolute Gasteiger partial charge is 0.211 e. The van der Waals surface area contributed by atoms with Gasteiger partial charge in [0.25, 0.3) is 0 Å². The first-order valence-electron chi connectivity index (χ1n) is 8.24. The molecule has 0 radical (unpaired) electrons. The fourth-order valence-corrected chi connectivity index (χ4v) is 4.43. The molecular formula is C15H30N2O2S. The minimum Gasteiger partial charge on any atom is -0.314 e. The van der Waals surface area contributed by atoms with Crippen LogP contribution in [0.15, 0.2) is 0 Å². The van der Waals surface area contributed by atoms with Gasteiger partial charge in [-0.3, -0.25) is 0 Å². The SMILES string of the molecule is CS(=O)(=O)N1CCCC(CNC2CCCCCCC2)C1. The Bertz CT molecular complexity index is 375. The zero-order valence-corrected chi connectivity index (χ0v) is 13.6. The van der Waals surface area contributed by atoms with Gasteiger partial charge in [0.05, 0.1) is 6.26 Å². The fourth-order valence-electron chi connectivity index (χ4n) is 3.49. The lowest BCUT2D eigenvalue weighted by molar-refractivity contribution is 0.249. The van der Waals surface area contributed by atoms with Crippen molar-refractivity contribution in [3.05, 3.63) is 0 Å². The number of piperidine rings is 1. The summed E-state index contributed by atoms with van der Waals surface area (Å²) in [7, 11) is -3.01.